The number of ether oxygens (including phenoxy) is 1. The Balaban J connectivity index is 2.58. The van der Waals surface area contributed by atoms with Crippen LogP contribution in [0.4, 0.5) is 11.4 Å². The van der Waals surface area contributed by atoms with Gasteiger partial charge in [0.25, 0.3) is 15.7 Å². The fourth-order valence-electron chi connectivity index (χ4n) is 2.52. The predicted octanol–water partition coefficient (Wildman–Crippen LogP) is 2.66. The van der Waals surface area contributed by atoms with E-state index in [1.54, 1.807) is 18.2 Å². The molecule has 0 aliphatic carbocycles. The van der Waals surface area contributed by atoms with Crippen molar-refractivity contribution in [1.29, 1.82) is 0 Å². The van der Waals surface area contributed by atoms with Gasteiger partial charge in [0.05, 0.1) is 17.7 Å². The van der Waals surface area contributed by atoms with Crippen molar-refractivity contribution in [3.8, 4) is 5.75 Å². The highest BCUT2D eigenvalue weighted by atomic mass is 32.2. The number of nitro benzene ring substituents is 1. The monoisotopic (exact) mass is 394 g/mol. The molecular formula is C17H18N2O7S. The average molecular weight is 394 g/mol. The van der Waals surface area contributed by atoms with Gasteiger partial charge >= 0.3 is 5.97 Å². The van der Waals surface area contributed by atoms with E-state index in [9.17, 15) is 23.3 Å². The zero-order valence-corrected chi connectivity index (χ0v) is 15.3. The first kappa shape index (κ1) is 20.2. The Morgan fingerprint density at radius 1 is 1.19 bits per heavy atom. The van der Waals surface area contributed by atoms with Gasteiger partial charge in [0, 0.05) is 19.0 Å². The quantitative estimate of drug-likeness (QED) is 0.511. The van der Waals surface area contributed by atoms with Gasteiger partial charge in [-0.05, 0) is 24.6 Å². The van der Waals surface area contributed by atoms with Crippen LogP contribution in [0, 0.1) is 10.1 Å². The standard InChI is InChI=1S/C17H18N2O7S/c1-26-15-9-4-2-7-13(15)18(12-6-11-17(20)21)27(24,25)16-10-5-3-8-14(16)19(22)23/h2-5,7-10H,6,11-12H2,1H3,(H,20,21). The molecule has 0 amide bonds. The number of aliphatic carboxylic acids is 1. The van der Waals surface area contributed by atoms with Crippen LogP contribution in [0.5, 0.6) is 5.75 Å². The second kappa shape index (κ2) is 8.49. The maximum absolute atomic E-state index is 13.2. The minimum absolute atomic E-state index is 0.0211. The first-order chi connectivity index (χ1) is 12.8. The zero-order chi connectivity index (χ0) is 20.0. The summed E-state index contributed by atoms with van der Waals surface area (Å²) in [5, 5.41) is 20.1. The molecule has 0 heterocycles. The third kappa shape index (κ3) is 4.53. The van der Waals surface area contributed by atoms with Gasteiger partial charge in [-0.3, -0.25) is 19.2 Å². The number of hydrogen-bond acceptors (Lipinski definition) is 6. The van der Waals surface area contributed by atoms with Crippen molar-refractivity contribution < 1.29 is 28.0 Å². The van der Waals surface area contributed by atoms with Crippen LogP contribution in [0.15, 0.2) is 53.4 Å². The number of carboxylic acid groups (broad SMARTS) is 1. The lowest BCUT2D eigenvalue weighted by molar-refractivity contribution is -0.387. The second-order valence-corrected chi connectivity index (χ2v) is 7.30. The largest absolute Gasteiger partial charge is 0.495 e. The number of rotatable bonds is 9. The summed E-state index contributed by atoms with van der Waals surface area (Å²) >= 11 is 0. The van der Waals surface area contributed by atoms with E-state index in [0.717, 1.165) is 16.4 Å². The van der Waals surface area contributed by atoms with Gasteiger partial charge in [0.15, 0.2) is 4.90 Å². The van der Waals surface area contributed by atoms with Crippen LogP contribution in [0.1, 0.15) is 12.8 Å². The molecule has 0 atom stereocenters. The molecule has 2 aromatic rings. The molecule has 0 spiro atoms. The zero-order valence-electron chi connectivity index (χ0n) is 14.4. The van der Waals surface area contributed by atoms with Gasteiger partial charge in [-0.15, -0.1) is 0 Å². The summed E-state index contributed by atoms with van der Waals surface area (Å²) in [4.78, 5) is 20.8. The third-order valence-electron chi connectivity index (χ3n) is 3.74. The summed E-state index contributed by atoms with van der Waals surface area (Å²) in [7, 11) is -2.97. The lowest BCUT2D eigenvalue weighted by atomic mass is 10.2. The predicted molar refractivity (Wildman–Crippen MR) is 97.5 cm³/mol. The van der Waals surface area contributed by atoms with Crippen LogP contribution < -0.4 is 9.04 Å². The van der Waals surface area contributed by atoms with Crippen molar-refractivity contribution in [2.24, 2.45) is 0 Å². The Labute approximate surface area is 156 Å². The van der Waals surface area contributed by atoms with Crippen LogP contribution in [0.25, 0.3) is 0 Å². The van der Waals surface area contributed by atoms with Gasteiger partial charge in [-0.1, -0.05) is 24.3 Å². The molecular weight excluding hydrogens is 376 g/mol. The van der Waals surface area contributed by atoms with Crippen molar-refractivity contribution in [2.45, 2.75) is 17.7 Å². The number of sulfonamides is 1. The van der Waals surface area contributed by atoms with Crippen molar-refractivity contribution in [3.63, 3.8) is 0 Å². The molecule has 1 N–H and O–H groups in total. The number of carbonyl (C=O) groups is 1. The van der Waals surface area contributed by atoms with E-state index >= 15 is 0 Å². The number of anilines is 1. The van der Waals surface area contributed by atoms with Gasteiger partial charge in [0.1, 0.15) is 5.75 Å². The minimum atomic E-state index is -4.34. The summed E-state index contributed by atoms with van der Waals surface area (Å²) < 4.78 is 32.6. The highest BCUT2D eigenvalue weighted by Crippen LogP contribution is 2.35. The molecule has 0 aromatic heterocycles. The van der Waals surface area contributed by atoms with Crippen LogP contribution in [0.3, 0.4) is 0 Å². The molecule has 0 aliphatic rings. The first-order valence-electron chi connectivity index (χ1n) is 7.90. The molecule has 10 heteroatoms. The molecule has 0 bridgehead atoms. The number of nitro groups is 1. The number of hydrogen-bond donors (Lipinski definition) is 1. The third-order valence-corrected chi connectivity index (χ3v) is 5.60. The Morgan fingerprint density at radius 3 is 2.44 bits per heavy atom. The first-order valence-corrected chi connectivity index (χ1v) is 9.34. The minimum Gasteiger partial charge on any atom is -0.495 e. The summed E-state index contributed by atoms with van der Waals surface area (Å²) in [6.45, 7) is -0.180. The summed E-state index contributed by atoms with van der Waals surface area (Å²) in [6, 6.07) is 11.3. The average Bonchev–Trinajstić information content (AvgIpc) is 2.64. The van der Waals surface area contributed by atoms with E-state index in [1.807, 2.05) is 0 Å². The van der Waals surface area contributed by atoms with Crippen LogP contribution in [-0.4, -0.2) is 38.1 Å². The second-order valence-electron chi connectivity index (χ2n) is 5.47. The number of nitrogens with zero attached hydrogens (tertiary/aromatic N) is 2. The van der Waals surface area contributed by atoms with Gasteiger partial charge < -0.3 is 9.84 Å². The summed E-state index contributed by atoms with van der Waals surface area (Å²) in [5.74, 6) is -0.826. The topological polar surface area (TPSA) is 127 Å². The lowest BCUT2D eigenvalue weighted by Crippen LogP contribution is -2.33. The van der Waals surface area contributed by atoms with Crippen molar-refractivity contribution in [1.82, 2.24) is 0 Å². The number of methoxy groups -OCH3 is 1. The van der Waals surface area contributed by atoms with Crippen molar-refractivity contribution in [3.05, 3.63) is 58.6 Å². The SMILES string of the molecule is COc1ccccc1N(CCCC(=O)O)S(=O)(=O)c1ccccc1[N+](=O)[O-]. The van der Waals surface area contributed by atoms with Gasteiger partial charge in [-0.2, -0.15) is 0 Å². The summed E-state index contributed by atoms with van der Waals surface area (Å²) in [5.41, 5.74) is -0.390. The van der Waals surface area contributed by atoms with E-state index < -0.39 is 31.5 Å². The molecule has 2 aromatic carbocycles. The van der Waals surface area contributed by atoms with Crippen molar-refractivity contribution >= 4 is 27.4 Å². The molecule has 0 saturated heterocycles. The highest BCUT2D eigenvalue weighted by molar-refractivity contribution is 7.93. The van der Waals surface area contributed by atoms with Crippen molar-refractivity contribution in [2.75, 3.05) is 18.0 Å². The molecule has 0 saturated carbocycles. The van der Waals surface area contributed by atoms with E-state index in [-0.39, 0.29) is 30.8 Å². The smallest absolute Gasteiger partial charge is 0.303 e. The van der Waals surface area contributed by atoms with Crippen LogP contribution in [0.2, 0.25) is 0 Å². The van der Waals surface area contributed by atoms with Crippen LogP contribution in [-0.2, 0) is 14.8 Å². The molecule has 0 aliphatic heterocycles. The molecule has 9 nitrogen and oxygen atoms in total. The van der Waals surface area contributed by atoms with Gasteiger partial charge in [0.2, 0.25) is 0 Å². The highest BCUT2D eigenvalue weighted by Gasteiger charge is 2.32. The lowest BCUT2D eigenvalue weighted by Gasteiger charge is -2.25. The molecule has 2 rings (SSSR count). The molecule has 27 heavy (non-hydrogen) atoms. The molecule has 0 radical (unpaired) electrons. The number of carboxylic acids is 1. The fraction of sp³-hybridized carbons (Fsp3) is 0.235. The normalized spacial score (nSPS) is 11.0. The Bertz CT molecular complexity index is 944. The fourth-order valence-corrected chi connectivity index (χ4v) is 4.20. The Kier molecular flexibility index (Phi) is 6.35. The maximum Gasteiger partial charge on any atom is 0.303 e. The maximum atomic E-state index is 13.2. The Morgan fingerprint density at radius 2 is 1.81 bits per heavy atom. The molecule has 144 valence electrons. The number of para-hydroxylation sites is 3. The number of benzene rings is 2. The summed E-state index contributed by atoms with van der Waals surface area (Å²) in [6.07, 6.45) is -0.231. The molecule has 0 unspecified atom stereocenters. The van der Waals surface area contributed by atoms with E-state index in [4.69, 9.17) is 9.84 Å². The van der Waals surface area contributed by atoms with Crippen LogP contribution >= 0.6 is 0 Å². The van der Waals surface area contributed by atoms with E-state index in [0.29, 0.717) is 0 Å². The molecule has 0 fully saturated rings. The Hall–Kier alpha value is -3.14. The van der Waals surface area contributed by atoms with Gasteiger partial charge in [-0.25, -0.2) is 8.42 Å². The van der Waals surface area contributed by atoms with E-state index in [2.05, 4.69) is 0 Å². The van der Waals surface area contributed by atoms with E-state index in [1.165, 1.54) is 25.3 Å².